The number of nitrogens with one attached hydrogen (secondary N) is 2. The van der Waals surface area contributed by atoms with Crippen LogP contribution in [0.3, 0.4) is 0 Å². The molecule has 0 bridgehead atoms. The molecule has 3 N–H and O–H groups in total. The van der Waals surface area contributed by atoms with Gasteiger partial charge in [-0.05, 0) is 37.1 Å². The Labute approximate surface area is 171 Å². The van der Waals surface area contributed by atoms with Gasteiger partial charge in [-0.25, -0.2) is 14.3 Å². The van der Waals surface area contributed by atoms with Crippen molar-refractivity contribution in [1.29, 1.82) is 0 Å². The van der Waals surface area contributed by atoms with Crippen molar-refractivity contribution in [1.82, 2.24) is 19.9 Å². The molecule has 0 spiro atoms. The highest BCUT2D eigenvalue weighted by atomic mass is 35.5. The molecular formula is C19H19ClN6O3. The Morgan fingerprint density at radius 3 is 2.79 bits per heavy atom. The van der Waals surface area contributed by atoms with Crippen LogP contribution in [0, 0.1) is 0 Å². The fraction of sp³-hybridized carbons (Fsp3) is 0.263. The first-order valence-corrected chi connectivity index (χ1v) is 9.53. The molecule has 1 saturated heterocycles. The lowest BCUT2D eigenvalue weighted by molar-refractivity contribution is 0.102. The number of rotatable bonds is 4. The lowest BCUT2D eigenvalue weighted by atomic mass is 10.0. The van der Waals surface area contributed by atoms with E-state index >= 15 is 0 Å². The number of aromatic nitrogens is 3. The van der Waals surface area contributed by atoms with E-state index in [1.807, 2.05) is 6.07 Å². The summed E-state index contributed by atoms with van der Waals surface area (Å²) in [6, 6.07) is 7.00. The minimum absolute atomic E-state index is 0.0704. The molecule has 0 saturated carbocycles. The number of halogens is 1. The van der Waals surface area contributed by atoms with Crippen LogP contribution in [0.25, 0.3) is 5.65 Å². The van der Waals surface area contributed by atoms with E-state index in [9.17, 15) is 9.59 Å². The zero-order valence-electron chi connectivity index (χ0n) is 15.4. The summed E-state index contributed by atoms with van der Waals surface area (Å²) in [4.78, 5) is 30.0. The Morgan fingerprint density at radius 1 is 1.24 bits per heavy atom. The molecule has 29 heavy (non-hydrogen) atoms. The van der Waals surface area contributed by atoms with Gasteiger partial charge in [-0.3, -0.25) is 4.79 Å². The lowest BCUT2D eigenvalue weighted by Gasteiger charge is -2.34. The molecule has 4 rings (SSSR count). The Hall–Kier alpha value is -3.33. The standard InChI is InChI=1S/C19H19ClN6O3/c20-12-2-3-16(25-8-4-13(5-9-25)23-19(28)29)15(10-12)24-18(27)14-11-22-26-7-1-6-21-17(14)26/h1-3,6-7,10-11,13,23H,4-5,8-9H2,(H,24,27)(H,28,29). The molecule has 1 fully saturated rings. The summed E-state index contributed by atoms with van der Waals surface area (Å²) >= 11 is 6.17. The molecular weight excluding hydrogens is 396 g/mol. The summed E-state index contributed by atoms with van der Waals surface area (Å²) in [5, 5.41) is 19.0. The van der Waals surface area contributed by atoms with Crippen LogP contribution in [0.2, 0.25) is 5.02 Å². The van der Waals surface area contributed by atoms with Crippen molar-refractivity contribution in [3.63, 3.8) is 0 Å². The first-order chi connectivity index (χ1) is 14.0. The highest BCUT2D eigenvalue weighted by molar-refractivity contribution is 6.31. The van der Waals surface area contributed by atoms with E-state index in [4.69, 9.17) is 16.7 Å². The van der Waals surface area contributed by atoms with E-state index in [1.54, 1.807) is 30.6 Å². The predicted molar refractivity (Wildman–Crippen MR) is 109 cm³/mol. The van der Waals surface area contributed by atoms with E-state index in [0.717, 1.165) is 5.69 Å². The van der Waals surface area contributed by atoms with Gasteiger partial charge in [0.15, 0.2) is 5.65 Å². The lowest BCUT2D eigenvalue weighted by Crippen LogP contribution is -2.44. The third kappa shape index (κ3) is 4.09. The zero-order chi connectivity index (χ0) is 20.4. The maximum absolute atomic E-state index is 12.9. The topological polar surface area (TPSA) is 112 Å². The number of hydrogen-bond acceptors (Lipinski definition) is 5. The number of carbonyl (C=O) groups excluding carboxylic acids is 1. The van der Waals surface area contributed by atoms with Crippen LogP contribution in [-0.2, 0) is 0 Å². The molecule has 1 aromatic carbocycles. The number of nitrogens with zero attached hydrogens (tertiary/aromatic N) is 4. The van der Waals surface area contributed by atoms with Gasteiger partial charge in [-0.15, -0.1) is 0 Å². The smallest absolute Gasteiger partial charge is 0.404 e. The molecule has 10 heteroatoms. The highest BCUT2D eigenvalue weighted by Gasteiger charge is 2.23. The second-order valence-corrected chi connectivity index (χ2v) is 7.21. The maximum atomic E-state index is 12.9. The number of carboxylic acid groups (broad SMARTS) is 1. The summed E-state index contributed by atoms with van der Waals surface area (Å²) in [5.41, 5.74) is 2.25. The quantitative estimate of drug-likeness (QED) is 0.605. The first-order valence-electron chi connectivity index (χ1n) is 9.15. The molecule has 0 unspecified atom stereocenters. The average Bonchev–Trinajstić information content (AvgIpc) is 3.13. The molecule has 0 aliphatic carbocycles. The van der Waals surface area contributed by atoms with Crippen LogP contribution in [0.1, 0.15) is 23.2 Å². The van der Waals surface area contributed by atoms with Crippen molar-refractivity contribution in [3.05, 3.63) is 53.4 Å². The molecule has 1 aliphatic rings. The number of fused-ring (bicyclic) bond motifs is 1. The summed E-state index contributed by atoms with van der Waals surface area (Å²) in [6.45, 7) is 1.32. The summed E-state index contributed by atoms with van der Waals surface area (Å²) in [7, 11) is 0. The van der Waals surface area contributed by atoms with E-state index in [1.165, 1.54) is 10.7 Å². The van der Waals surface area contributed by atoms with Crippen LogP contribution in [0.15, 0.2) is 42.9 Å². The van der Waals surface area contributed by atoms with Gasteiger partial charge in [0.2, 0.25) is 0 Å². The SMILES string of the molecule is O=C(O)NC1CCN(c2ccc(Cl)cc2NC(=O)c2cnn3cccnc23)CC1. The average molecular weight is 415 g/mol. The van der Waals surface area contributed by atoms with Gasteiger partial charge in [0.25, 0.3) is 5.91 Å². The second kappa shape index (κ2) is 7.96. The van der Waals surface area contributed by atoms with Crippen molar-refractivity contribution < 1.29 is 14.7 Å². The van der Waals surface area contributed by atoms with Gasteiger partial charge in [0.1, 0.15) is 5.56 Å². The van der Waals surface area contributed by atoms with Gasteiger partial charge >= 0.3 is 6.09 Å². The second-order valence-electron chi connectivity index (χ2n) is 6.77. The van der Waals surface area contributed by atoms with E-state index in [0.29, 0.717) is 47.9 Å². The third-order valence-corrected chi connectivity index (χ3v) is 5.13. The van der Waals surface area contributed by atoms with Crippen molar-refractivity contribution in [2.24, 2.45) is 0 Å². The minimum atomic E-state index is -1.01. The Kier molecular flexibility index (Phi) is 5.22. The fourth-order valence-electron chi connectivity index (χ4n) is 3.50. The Morgan fingerprint density at radius 2 is 2.03 bits per heavy atom. The fourth-order valence-corrected chi connectivity index (χ4v) is 3.67. The van der Waals surface area contributed by atoms with Gasteiger partial charge in [-0.1, -0.05) is 11.6 Å². The van der Waals surface area contributed by atoms with Gasteiger partial charge in [0.05, 0.1) is 17.6 Å². The Bertz CT molecular complexity index is 1060. The van der Waals surface area contributed by atoms with Gasteiger partial charge in [-0.2, -0.15) is 5.10 Å². The predicted octanol–water partition coefficient (Wildman–Crippen LogP) is 2.87. The van der Waals surface area contributed by atoms with Crippen molar-refractivity contribution in [2.75, 3.05) is 23.3 Å². The number of piperidine rings is 1. The number of amides is 2. The zero-order valence-corrected chi connectivity index (χ0v) is 16.1. The van der Waals surface area contributed by atoms with Crippen molar-refractivity contribution in [3.8, 4) is 0 Å². The molecule has 9 nitrogen and oxygen atoms in total. The van der Waals surface area contributed by atoms with Crippen LogP contribution in [0.4, 0.5) is 16.2 Å². The summed E-state index contributed by atoms with van der Waals surface area (Å²) in [6.07, 6.45) is 5.16. The monoisotopic (exact) mass is 414 g/mol. The number of benzene rings is 1. The van der Waals surface area contributed by atoms with Gasteiger partial charge < -0.3 is 20.6 Å². The maximum Gasteiger partial charge on any atom is 0.404 e. The van der Waals surface area contributed by atoms with E-state index < -0.39 is 6.09 Å². The molecule has 2 amide bonds. The van der Waals surface area contributed by atoms with E-state index in [-0.39, 0.29) is 11.9 Å². The normalized spacial score (nSPS) is 14.7. The molecule has 1 aliphatic heterocycles. The molecule has 3 heterocycles. The van der Waals surface area contributed by atoms with Crippen LogP contribution < -0.4 is 15.5 Å². The number of anilines is 2. The third-order valence-electron chi connectivity index (χ3n) is 4.89. The van der Waals surface area contributed by atoms with Gasteiger partial charge in [0, 0.05) is 36.5 Å². The van der Waals surface area contributed by atoms with Crippen molar-refractivity contribution >= 4 is 40.6 Å². The summed E-state index contributed by atoms with van der Waals surface area (Å²) < 4.78 is 1.54. The summed E-state index contributed by atoms with van der Waals surface area (Å²) in [5.74, 6) is -0.329. The minimum Gasteiger partial charge on any atom is -0.465 e. The van der Waals surface area contributed by atoms with Crippen LogP contribution >= 0.6 is 11.6 Å². The van der Waals surface area contributed by atoms with Crippen LogP contribution in [0.5, 0.6) is 0 Å². The number of hydrogen-bond donors (Lipinski definition) is 3. The Balaban J connectivity index is 1.54. The molecule has 0 atom stereocenters. The first kappa shape index (κ1) is 19.0. The number of carbonyl (C=O) groups is 2. The van der Waals surface area contributed by atoms with Crippen LogP contribution in [-0.4, -0.2) is 50.8 Å². The van der Waals surface area contributed by atoms with Crippen molar-refractivity contribution in [2.45, 2.75) is 18.9 Å². The molecule has 3 aromatic rings. The molecule has 0 radical (unpaired) electrons. The molecule has 150 valence electrons. The molecule has 2 aromatic heterocycles. The largest absolute Gasteiger partial charge is 0.465 e. The highest BCUT2D eigenvalue weighted by Crippen LogP contribution is 2.32. The van der Waals surface area contributed by atoms with E-state index in [2.05, 4.69) is 25.6 Å².